The first-order chi connectivity index (χ1) is 2.56. The van der Waals surface area contributed by atoms with E-state index in [9.17, 15) is 4.53 Å². The molecule has 0 radical (unpaired) electrons. The van der Waals surface area contributed by atoms with E-state index in [-0.39, 0.29) is 37.7 Å². The minimum absolute atomic E-state index is 0. The third kappa shape index (κ3) is 15.7. The number of halogens is 1. The van der Waals surface area contributed by atoms with Crippen molar-refractivity contribution in [3.05, 3.63) is 0 Å². The maximum absolute atomic E-state index is 10.3. The van der Waals surface area contributed by atoms with Gasteiger partial charge in [0, 0.05) is 0 Å². The molecule has 4 nitrogen and oxygen atoms in total. The van der Waals surface area contributed by atoms with Gasteiger partial charge in [-0.2, -0.15) is 4.63 Å². The summed E-state index contributed by atoms with van der Waals surface area (Å²) in [5.41, 5.74) is 0. The SMILES string of the molecule is O[Si](O)(O)OF.[LiH].[LiH]. The van der Waals surface area contributed by atoms with Gasteiger partial charge in [-0.15, -0.1) is 0 Å². The molecule has 0 saturated heterocycles. The Bertz CT molecular complexity index is 43.8. The second kappa shape index (κ2) is 6.30. The second-order valence-electron chi connectivity index (χ2n) is 0.651. The third-order valence-corrected chi connectivity index (χ3v) is 0.311. The van der Waals surface area contributed by atoms with Crippen LogP contribution in [0.1, 0.15) is 0 Å². The number of hydrogen-bond donors (Lipinski definition) is 3. The molecule has 0 aromatic rings. The van der Waals surface area contributed by atoms with Gasteiger partial charge in [-0.25, -0.2) is 0 Å². The molecule has 0 rings (SSSR count). The summed E-state index contributed by atoms with van der Waals surface area (Å²) in [6.45, 7) is 0. The van der Waals surface area contributed by atoms with Crippen molar-refractivity contribution in [3.63, 3.8) is 0 Å². The molecule has 0 fully saturated rings. The zero-order chi connectivity index (χ0) is 5.21. The Morgan fingerprint density at radius 2 is 1.25 bits per heavy atom. The van der Waals surface area contributed by atoms with Gasteiger partial charge in [0.1, 0.15) is 0 Å². The Balaban J connectivity index is -0.000000125. The Kier molecular flexibility index (Phi) is 12.7. The van der Waals surface area contributed by atoms with Crippen LogP contribution >= 0.6 is 0 Å². The van der Waals surface area contributed by atoms with E-state index >= 15 is 0 Å². The van der Waals surface area contributed by atoms with Gasteiger partial charge in [0.15, 0.2) is 0 Å². The van der Waals surface area contributed by atoms with Crippen LogP contribution in [-0.2, 0) is 4.63 Å². The third-order valence-electron chi connectivity index (χ3n) is 0.104. The fraction of sp³-hybridized carbons (Fsp3) is 0. The van der Waals surface area contributed by atoms with Gasteiger partial charge >= 0.3 is 46.8 Å². The molecule has 0 aromatic carbocycles. The van der Waals surface area contributed by atoms with E-state index in [4.69, 9.17) is 14.4 Å². The summed E-state index contributed by atoms with van der Waals surface area (Å²) < 4.78 is 12.6. The summed E-state index contributed by atoms with van der Waals surface area (Å²) >= 11 is 0. The molecule has 0 atom stereocenters. The van der Waals surface area contributed by atoms with Gasteiger partial charge in [0.05, 0.1) is 0 Å². The number of rotatable bonds is 1. The maximum atomic E-state index is 10.3. The van der Waals surface area contributed by atoms with Gasteiger partial charge < -0.3 is 14.4 Å². The molecule has 0 spiro atoms. The van der Waals surface area contributed by atoms with Crippen molar-refractivity contribution in [3.8, 4) is 0 Å². The van der Waals surface area contributed by atoms with Crippen molar-refractivity contribution in [1.29, 1.82) is 0 Å². The molecular formula is H5FLi2O4Si. The first kappa shape index (κ1) is 16.1. The van der Waals surface area contributed by atoms with Crippen molar-refractivity contribution >= 4 is 46.8 Å². The van der Waals surface area contributed by atoms with Gasteiger partial charge in [-0.3, -0.25) is 0 Å². The summed E-state index contributed by atoms with van der Waals surface area (Å²) in [4.78, 5) is 22.4. The first-order valence-electron chi connectivity index (χ1n) is 1.03. The van der Waals surface area contributed by atoms with Crippen LogP contribution < -0.4 is 0 Å². The van der Waals surface area contributed by atoms with E-state index in [0.29, 0.717) is 0 Å². The second-order valence-corrected chi connectivity index (χ2v) is 1.95. The fourth-order valence-electron chi connectivity index (χ4n) is 0. The Hall–Kier alpha value is 1.18. The van der Waals surface area contributed by atoms with Gasteiger partial charge in [0.2, 0.25) is 0 Å². The van der Waals surface area contributed by atoms with Gasteiger partial charge in [0.25, 0.3) is 0 Å². The summed E-state index contributed by atoms with van der Waals surface area (Å²) in [6, 6.07) is 0. The molecule has 0 saturated carbocycles. The molecule has 8 heavy (non-hydrogen) atoms. The van der Waals surface area contributed by atoms with E-state index in [1.165, 1.54) is 0 Å². The predicted molar refractivity (Wildman–Crippen MR) is 28.9 cm³/mol. The van der Waals surface area contributed by atoms with Crippen LogP contribution in [0, 0.1) is 0 Å². The predicted octanol–water partition coefficient (Wildman–Crippen LogP) is -3.00. The Labute approximate surface area is 70.4 Å². The van der Waals surface area contributed by atoms with Crippen molar-refractivity contribution in [1.82, 2.24) is 0 Å². The van der Waals surface area contributed by atoms with Crippen LogP contribution in [0.2, 0.25) is 0 Å². The number of hydrogen-bond acceptors (Lipinski definition) is 4. The molecule has 0 unspecified atom stereocenters. The van der Waals surface area contributed by atoms with Gasteiger partial charge in [-0.1, -0.05) is 4.53 Å². The van der Waals surface area contributed by atoms with E-state index in [2.05, 4.69) is 4.63 Å². The molecule has 0 amide bonds. The van der Waals surface area contributed by atoms with Crippen LogP contribution in [0.4, 0.5) is 4.53 Å². The standard InChI is InChI=1S/FH3O4Si.2Li.2H/c1-5-6(2,3)4;;;;/h2-4H;;;;. The Morgan fingerprint density at radius 1 is 1.12 bits per heavy atom. The van der Waals surface area contributed by atoms with E-state index in [1.807, 2.05) is 0 Å². The van der Waals surface area contributed by atoms with E-state index < -0.39 is 9.05 Å². The molecule has 42 valence electrons. The molecule has 0 aliphatic heterocycles. The zero-order valence-corrected chi connectivity index (χ0v) is 3.63. The van der Waals surface area contributed by atoms with Crippen LogP contribution in [0.3, 0.4) is 0 Å². The van der Waals surface area contributed by atoms with Crippen molar-refractivity contribution in [2.45, 2.75) is 0 Å². The van der Waals surface area contributed by atoms with Gasteiger partial charge in [-0.05, 0) is 0 Å². The Morgan fingerprint density at radius 3 is 1.25 bits per heavy atom. The first-order valence-corrected chi connectivity index (χ1v) is 2.78. The van der Waals surface area contributed by atoms with Crippen LogP contribution in [0.5, 0.6) is 0 Å². The zero-order valence-electron chi connectivity index (χ0n) is 2.63. The van der Waals surface area contributed by atoms with Crippen molar-refractivity contribution < 1.29 is 23.5 Å². The van der Waals surface area contributed by atoms with Crippen LogP contribution in [-0.4, -0.2) is 61.2 Å². The normalized spacial score (nSPS) is 9.00. The molecule has 0 aliphatic rings. The van der Waals surface area contributed by atoms with Crippen LogP contribution in [0.15, 0.2) is 0 Å². The quantitative estimate of drug-likeness (QED) is 0.331. The molecule has 0 aliphatic carbocycles. The molecular weight excluding hydrogens is 125 g/mol. The summed E-state index contributed by atoms with van der Waals surface area (Å²) in [5, 5.41) is 0. The van der Waals surface area contributed by atoms with Crippen LogP contribution in [0.25, 0.3) is 0 Å². The average molecular weight is 130 g/mol. The fourth-order valence-corrected chi connectivity index (χ4v) is 0. The van der Waals surface area contributed by atoms with E-state index in [0.717, 1.165) is 0 Å². The molecule has 0 heterocycles. The minimum atomic E-state index is -4.80. The molecule has 0 aromatic heterocycles. The molecule has 8 heteroatoms. The summed E-state index contributed by atoms with van der Waals surface area (Å²) in [7, 11) is -4.80. The summed E-state index contributed by atoms with van der Waals surface area (Å²) in [6.07, 6.45) is 0. The summed E-state index contributed by atoms with van der Waals surface area (Å²) in [5.74, 6) is 0. The molecule has 3 N–H and O–H groups in total. The average Bonchev–Trinajstić information content (AvgIpc) is 1.35. The topological polar surface area (TPSA) is 69.9 Å². The molecule has 0 bridgehead atoms. The van der Waals surface area contributed by atoms with Crippen molar-refractivity contribution in [2.75, 3.05) is 0 Å². The van der Waals surface area contributed by atoms with Crippen molar-refractivity contribution in [2.24, 2.45) is 0 Å². The monoisotopic (exact) mass is 130 g/mol. The van der Waals surface area contributed by atoms with E-state index in [1.54, 1.807) is 0 Å².